The van der Waals surface area contributed by atoms with Crippen LogP contribution in [0.4, 0.5) is 5.82 Å². The number of carbonyl (C=O) groups excluding carboxylic acids is 1. The van der Waals surface area contributed by atoms with E-state index < -0.39 is 30.5 Å². The molecule has 1 saturated heterocycles. The third-order valence-corrected chi connectivity index (χ3v) is 4.00. The molecule has 0 saturated carbocycles. The molecule has 2 aromatic heterocycles. The van der Waals surface area contributed by atoms with Crippen LogP contribution in [0, 0.1) is 0 Å². The van der Waals surface area contributed by atoms with E-state index in [2.05, 4.69) is 27.0 Å². The molecule has 11 nitrogen and oxygen atoms in total. The van der Waals surface area contributed by atoms with Gasteiger partial charge >= 0.3 is 5.97 Å². The van der Waals surface area contributed by atoms with E-state index >= 15 is 0 Å². The normalized spacial score (nSPS) is 24.9. The second-order valence-corrected chi connectivity index (χ2v) is 6.05. The monoisotopic (exact) mass is 399 g/mol. The lowest BCUT2D eigenvalue weighted by molar-refractivity contribution is -0.147. The SMILES string of the molecule is C=CCONc1nc(Cl)nc2c1ncn2[C@@H]1O[C@H](COC(C)=O)[C@@H](O)[C@H]1O. The largest absolute Gasteiger partial charge is 0.463 e. The minimum absolute atomic E-state index is 0.0848. The number of aromatic nitrogens is 4. The molecule has 12 heteroatoms. The molecule has 0 aromatic carbocycles. The maximum absolute atomic E-state index is 11.0. The molecule has 0 spiro atoms. The van der Waals surface area contributed by atoms with Gasteiger partial charge in [0.25, 0.3) is 0 Å². The Kier molecular flexibility index (Phi) is 5.87. The number of carbonyl (C=O) groups is 1. The van der Waals surface area contributed by atoms with Gasteiger partial charge < -0.3 is 19.7 Å². The highest BCUT2D eigenvalue weighted by Gasteiger charge is 2.45. The van der Waals surface area contributed by atoms with Crippen molar-refractivity contribution in [3.8, 4) is 0 Å². The number of hydrogen-bond donors (Lipinski definition) is 3. The average Bonchev–Trinajstić information content (AvgIpc) is 3.15. The Bertz CT molecular complexity index is 845. The van der Waals surface area contributed by atoms with Gasteiger partial charge in [-0.25, -0.2) is 10.5 Å². The van der Waals surface area contributed by atoms with Gasteiger partial charge in [0.2, 0.25) is 5.28 Å². The fourth-order valence-electron chi connectivity index (χ4n) is 2.61. The number of rotatable bonds is 7. The highest BCUT2D eigenvalue weighted by Crippen LogP contribution is 2.33. The highest BCUT2D eigenvalue weighted by atomic mass is 35.5. The summed E-state index contributed by atoms with van der Waals surface area (Å²) in [6, 6.07) is 0. The Labute approximate surface area is 158 Å². The molecule has 3 heterocycles. The number of halogens is 1. The molecule has 0 amide bonds. The van der Waals surface area contributed by atoms with Gasteiger partial charge in [0.15, 0.2) is 23.2 Å². The van der Waals surface area contributed by atoms with Gasteiger partial charge in [-0.05, 0) is 11.6 Å². The van der Waals surface area contributed by atoms with Crippen LogP contribution in [0.15, 0.2) is 19.0 Å². The molecule has 0 unspecified atom stereocenters. The van der Waals surface area contributed by atoms with E-state index in [1.54, 1.807) is 6.08 Å². The van der Waals surface area contributed by atoms with E-state index in [0.29, 0.717) is 5.52 Å². The maximum Gasteiger partial charge on any atom is 0.302 e. The number of imidazole rings is 1. The van der Waals surface area contributed by atoms with Crippen LogP contribution in [0.25, 0.3) is 11.2 Å². The number of aliphatic hydroxyl groups excluding tert-OH is 2. The van der Waals surface area contributed by atoms with E-state index in [1.807, 2.05) is 0 Å². The molecule has 1 aliphatic heterocycles. The molecule has 27 heavy (non-hydrogen) atoms. The summed E-state index contributed by atoms with van der Waals surface area (Å²) in [5, 5.41) is 20.4. The summed E-state index contributed by atoms with van der Waals surface area (Å²) in [5.41, 5.74) is 3.17. The van der Waals surface area contributed by atoms with Gasteiger partial charge in [0.1, 0.15) is 24.9 Å². The van der Waals surface area contributed by atoms with Crippen LogP contribution in [-0.2, 0) is 19.1 Å². The Hall–Kier alpha value is -2.31. The van der Waals surface area contributed by atoms with Crippen molar-refractivity contribution in [2.24, 2.45) is 0 Å². The number of nitrogens with one attached hydrogen (secondary N) is 1. The predicted octanol–water partition coefficient (Wildman–Crippen LogP) is 0.191. The summed E-state index contributed by atoms with van der Waals surface area (Å²) in [7, 11) is 0. The Balaban J connectivity index is 1.88. The lowest BCUT2D eigenvalue weighted by Gasteiger charge is -2.16. The third-order valence-electron chi connectivity index (χ3n) is 3.83. The second-order valence-electron chi connectivity index (χ2n) is 5.72. The maximum atomic E-state index is 11.0. The first-order chi connectivity index (χ1) is 12.9. The van der Waals surface area contributed by atoms with Crippen molar-refractivity contribution in [2.45, 2.75) is 31.5 Å². The van der Waals surface area contributed by atoms with Gasteiger partial charge in [-0.1, -0.05) is 6.08 Å². The van der Waals surface area contributed by atoms with Gasteiger partial charge in [-0.2, -0.15) is 9.97 Å². The number of esters is 1. The van der Waals surface area contributed by atoms with Crippen LogP contribution in [0.1, 0.15) is 13.2 Å². The number of ether oxygens (including phenoxy) is 2. The molecule has 1 fully saturated rings. The second kappa shape index (κ2) is 8.15. The fourth-order valence-corrected chi connectivity index (χ4v) is 2.78. The lowest BCUT2D eigenvalue weighted by Crippen LogP contribution is -2.34. The molecule has 3 rings (SSSR count). The Morgan fingerprint density at radius 1 is 1.48 bits per heavy atom. The van der Waals surface area contributed by atoms with Gasteiger partial charge in [-0.15, -0.1) is 6.58 Å². The van der Waals surface area contributed by atoms with Crippen molar-refractivity contribution in [3.63, 3.8) is 0 Å². The summed E-state index contributed by atoms with van der Waals surface area (Å²) < 4.78 is 11.9. The van der Waals surface area contributed by atoms with Gasteiger partial charge in [-0.3, -0.25) is 14.2 Å². The average molecular weight is 400 g/mol. The predicted molar refractivity (Wildman–Crippen MR) is 92.7 cm³/mol. The minimum atomic E-state index is -1.30. The Morgan fingerprint density at radius 3 is 2.96 bits per heavy atom. The van der Waals surface area contributed by atoms with E-state index in [1.165, 1.54) is 17.8 Å². The number of nitrogens with zero attached hydrogens (tertiary/aromatic N) is 4. The smallest absolute Gasteiger partial charge is 0.302 e. The molecule has 2 aromatic rings. The molecule has 146 valence electrons. The summed E-state index contributed by atoms with van der Waals surface area (Å²) in [5.74, 6) is -0.304. The van der Waals surface area contributed by atoms with Gasteiger partial charge in [0, 0.05) is 6.92 Å². The van der Waals surface area contributed by atoms with E-state index in [0.717, 1.165) is 0 Å². The van der Waals surface area contributed by atoms with E-state index in [4.69, 9.17) is 25.9 Å². The summed E-state index contributed by atoms with van der Waals surface area (Å²) in [6.45, 7) is 4.79. The zero-order valence-corrected chi connectivity index (χ0v) is 15.0. The van der Waals surface area contributed by atoms with Crippen LogP contribution in [0.2, 0.25) is 5.28 Å². The van der Waals surface area contributed by atoms with Crippen LogP contribution in [-0.4, -0.2) is 67.2 Å². The van der Waals surface area contributed by atoms with Crippen molar-refractivity contribution in [1.29, 1.82) is 0 Å². The molecule has 0 radical (unpaired) electrons. The number of aliphatic hydroxyl groups is 2. The molecule has 3 N–H and O–H groups in total. The molecular formula is C15H18ClN5O6. The lowest BCUT2D eigenvalue weighted by atomic mass is 10.1. The zero-order chi connectivity index (χ0) is 19.6. The van der Waals surface area contributed by atoms with E-state index in [-0.39, 0.29) is 30.0 Å². The summed E-state index contributed by atoms with van der Waals surface area (Å²) in [4.78, 5) is 28.4. The highest BCUT2D eigenvalue weighted by molar-refractivity contribution is 6.28. The van der Waals surface area contributed by atoms with Gasteiger partial charge in [0.05, 0.1) is 12.9 Å². The molecule has 0 bridgehead atoms. The van der Waals surface area contributed by atoms with Crippen molar-refractivity contribution in [2.75, 3.05) is 18.7 Å². The first kappa shape index (κ1) is 19.5. The van der Waals surface area contributed by atoms with E-state index in [9.17, 15) is 15.0 Å². The van der Waals surface area contributed by atoms with Crippen molar-refractivity contribution in [1.82, 2.24) is 19.5 Å². The summed E-state index contributed by atoms with van der Waals surface area (Å²) in [6.07, 6.45) is -1.58. The van der Waals surface area contributed by atoms with Crippen molar-refractivity contribution in [3.05, 3.63) is 24.3 Å². The standard InChI is InChI=1S/C15H18ClN5O6/c1-3-4-26-20-12-9-13(19-15(16)18-12)21(6-17-9)14-11(24)10(23)8(27-14)5-25-7(2)22/h3,6,8,10-11,14,23-24H,1,4-5H2,2H3,(H,18,19,20)/t8-,10-,11-,14-/m1/s1. The van der Waals surface area contributed by atoms with Crippen LogP contribution < -0.4 is 5.48 Å². The van der Waals surface area contributed by atoms with Crippen LogP contribution >= 0.6 is 11.6 Å². The Morgan fingerprint density at radius 2 is 2.26 bits per heavy atom. The van der Waals surface area contributed by atoms with Crippen molar-refractivity contribution < 1.29 is 29.3 Å². The number of hydrogen-bond acceptors (Lipinski definition) is 10. The third kappa shape index (κ3) is 4.01. The molecule has 0 aliphatic carbocycles. The quantitative estimate of drug-likeness (QED) is 0.194. The fraction of sp³-hybridized carbons (Fsp3) is 0.467. The first-order valence-corrected chi connectivity index (χ1v) is 8.34. The zero-order valence-electron chi connectivity index (χ0n) is 14.3. The van der Waals surface area contributed by atoms with Crippen LogP contribution in [0.5, 0.6) is 0 Å². The summed E-state index contributed by atoms with van der Waals surface area (Å²) >= 11 is 5.96. The first-order valence-electron chi connectivity index (χ1n) is 7.96. The molecule has 4 atom stereocenters. The molecular weight excluding hydrogens is 382 g/mol. The number of fused-ring (bicyclic) bond motifs is 1. The molecule has 1 aliphatic rings. The van der Waals surface area contributed by atoms with Crippen LogP contribution in [0.3, 0.4) is 0 Å². The minimum Gasteiger partial charge on any atom is -0.463 e. The topological polar surface area (TPSA) is 141 Å². The van der Waals surface area contributed by atoms with Crippen molar-refractivity contribution >= 4 is 34.6 Å². The number of anilines is 1.